The fraction of sp³-hybridized carbons (Fsp3) is 0.933. The van der Waals surface area contributed by atoms with Gasteiger partial charge in [0.15, 0.2) is 0 Å². The Balaban J connectivity index is 1.93. The van der Waals surface area contributed by atoms with E-state index in [1.807, 2.05) is 0 Å². The molecular formula is C15H28N2O. The molecule has 3 atom stereocenters. The first-order valence-corrected chi connectivity index (χ1v) is 7.58. The lowest BCUT2D eigenvalue weighted by Crippen LogP contribution is -2.51. The van der Waals surface area contributed by atoms with Crippen molar-refractivity contribution in [2.75, 3.05) is 0 Å². The van der Waals surface area contributed by atoms with Crippen LogP contribution in [0.1, 0.15) is 65.2 Å². The van der Waals surface area contributed by atoms with E-state index < -0.39 is 0 Å². The van der Waals surface area contributed by atoms with Crippen LogP contribution in [-0.2, 0) is 4.79 Å². The van der Waals surface area contributed by atoms with Crippen LogP contribution in [0.15, 0.2) is 0 Å². The van der Waals surface area contributed by atoms with Gasteiger partial charge in [-0.1, -0.05) is 26.2 Å². The summed E-state index contributed by atoms with van der Waals surface area (Å²) in [7, 11) is 0. The average molecular weight is 252 g/mol. The van der Waals surface area contributed by atoms with E-state index in [9.17, 15) is 4.79 Å². The number of carbonyl (C=O) groups excluding carboxylic acids is 1. The molecule has 0 heterocycles. The van der Waals surface area contributed by atoms with Gasteiger partial charge in [-0.05, 0) is 44.9 Å². The summed E-state index contributed by atoms with van der Waals surface area (Å²) in [6.45, 7) is 4.40. The number of amides is 1. The van der Waals surface area contributed by atoms with Crippen molar-refractivity contribution >= 4 is 5.91 Å². The van der Waals surface area contributed by atoms with Crippen LogP contribution in [0.2, 0.25) is 0 Å². The third kappa shape index (κ3) is 3.25. The van der Waals surface area contributed by atoms with Crippen LogP contribution in [0, 0.1) is 11.8 Å². The van der Waals surface area contributed by atoms with Crippen LogP contribution in [-0.4, -0.2) is 17.5 Å². The molecular weight excluding hydrogens is 224 g/mol. The molecule has 3 nitrogen and oxygen atoms in total. The highest BCUT2D eigenvalue weighted by Crippen LogP contribution is 2.32. The number of carbonyl (C=O) groups is 1. The second-order valence-corrected chi connectivity index (χ2v) is 6.77. The molecule has 2 saturated carbocycles. The SMILES string of the molecule is CC1CCC(N)CC1C(=O)NC1(C)CCCCC1. The highest BCUT2D eigenvalue weighted by Gasteiger charge is 2.35. The maximum absolute atomic E-state index is 12.5. The van der Waals surface area contributed by atoms with Gasteiger partial charge in [0.2, 0.25) is 5.91 Å². The molecule has 0 radical (unpaired) electrons. The number of hydrogen-bond donors (Lipinski definition) is 2. The lowest BCUT2D eigenvalue weighted by atomic mass is 9.76. The van der Waals surface area contributed by atoms with Crippen LogP contribution < -0.4 is 11.1 Å². The van der Waals surface area contributed by atoms with Crippen molar-refractivity contribution in [3.05, 3.63) is 0 Å². The van der Waals surface area contributed by atoms with E-state index in [0.29, 0.717) is 5.92 Å². The van der Waals surface area contributed by atoms with Gasteiger partial charge in [-0.3, -0.25) is 4.79 Å². The Bertz CT molecular complexity index is 297. The van der Waals surface area contributed by atoms with Gasteiger partial charge < -0.3 is 11.1 Å². The molecule has 3 N–H and O–H groups in total. The second-order valence-electron chi connectivity index (χ2n) is 6.77. The van der Waals surface area contributed by atoms with Gasteiger partial charge in [0.25, 0.3) is 0 Å². The van der Waals surface area contributed by atoms with Crippen molar-refractivity contribution in [2.24, 2.45) is 17.6 Å². The molecule has 0 aliphatic heterocycles. The van der Waals surface area contributed by atoms with E-state index >= 15 is 0 Å². The number of hydrogen-bond acceptors (Lipinski definition) is 2. The minimum Gasteiger partial charge on any atom is -0.351 e. The minimum absolute atomic E-state index is 0.0383. The molecule has 1 amide bonds. The summed E-state index contributed by atoms with van der Waals surface area (Å²) in [4.78, 5) is 12.5. The van der Waals surface area contributed by atoms with Gasteiger partial charge in [-0.2, -0.15) is 0 Å². The molecule has 2 aliphatic carbocycles. The fourth-order valence-electron chi connectivity index (χ4n) is 3.57. The highest BCUT2D eigenvalue weighted by molar-refractivity contribution is 5.79. The third-order valence-corrected chi connectivity index (χ3v) is 4.96. The summed E-state index contributed by atoms with van der Waals surface area (Å²) in [5, 5.41) is 3.32. The van der Waals surface area contributed by atoms with E-state index in [2.05, 4.69) is 19.2 Å². The first-order valence-electron chi connectivity index (χ1n) is 7.58. The molecule has 0 aromatic carbocycles. The molecule has 104 valence electrons. The van der Waals surface area contributed by atoms with E-state index in [4.69, 9.17) is 5.73 Å². The van der Waals surface area contributed by atoms with E-state index in [1.54, 1.807) is 0 Å². The lowest BCUT2D eigenvalue weighted by Gasteiger charge is -2.38. The summed E-state index contributed by atoms with van der Waals surface area (Å²) in [6.07, 6.45) is 9.10. The largest absolute Gasteiger partial charge is 0.351 e. The summed E-state index contributed by atoms with van der Waals surface area (Å²) in [5.41, 5.74) is 6.05. The zero-order valence-corrected chi connectivity index (χ0v) is 11.9. The molecule has 3 heteroatoms. The van der Waals surface area contributed by atoms with E-state index in [0.717, 1.165) is 32.1 Å². The van der Waals surface area contributed by atoms with Crippen LogP contribution in [0.25, 0.3) is 0 Å². The summed E-state index contributed by atoms with van der Waals surface area (Å²) in [6, 6.07) is 0.219. The zero-order chi connectivity index (χ0) is 13.2. The lowest BCUT2D eigenvalue weighted by molar-refractivity contribution is -0.130. The van der Waals surface area contributed by atoms with E-state index in [-0.39, 0.29) is 23.4 Å². The highest BCUT2D eigenvalue weighted by atomic mass is 16.2. The molecule has 0 aromatic heterocycles. The van der Waals surface area contributed by atoms with Crippen molar-refractivity contribution < 1.29 is 4.79 Å². The standard InChI is InChI=1S/C15H28N2O/c1-11-6-7-12(16)10-13(11)14(18)17-15(2)8-4-3-5-9-15/h11-13H,3-10,16H2,1-2H3,(H,17,18). The maximum atomic E-state index is 12.5. The first-order chi connectivity index (χ1) is 8.50. The first kappa shape index (κ1) is 13.9. The molecule has 0 aromatic rings. The predicted molar refractivity (Wildman–Crippen MR) is 74.1 cm³/mol. The van der Waals surface area contributed by atoms with Crippen LogP contribution in [0.4, 0.5) is 0 Å². The molecule has 2 aliphatic rings. The molecule has 3 unspecified atom stereocenters. The van der Waals surface area contributed by atoms with Gasteiger partial charge in [0.1, 0.15) is 0 Å². The smallest absolute Gasteiger partial charge is 0.223 e. The fourth-order valence-corrected chi connectivity index (χ4v) is 3.57. The van der Waals surface area contributed by atoms with Crippen molar-refractivity contribution in [3.63, 3.8) is 0 Å². The van der Waals surface area contributed by atoms with Crippen molar-refractivity contribution in [1.29, 1.82) is 0 Å². The van der Waals surface area contributed by atoms with Gasteiger partial charge in [0, 0.05) is 17.5 Å². The van der Waals surface area contributed by atoms with Crippen LogP contribution in [0.3, 0.4) is 0 Å². The minimum atomic E-state index is 0.0383. The van der Waals surface area contributed by atoms with Crippen molar-refractivity contribution in [2.45, 2.75) is 76.8 Å². The van der Waals surface area contributed by atoms with Gasteiger partial charge in [0.05, 0.1) is 0 Å². The zero-order valence-electron chi connectivity index (χ0n) is 11.9. The Labute approximate surface area is 111 Å². The Morgan fingerprint density at radius 1 is 1.22 bits per heavy atom. The maximum Gasteiger partial charge on any atom is 0.223 e. The number of nitrogens with two attached hydrogens (primary N) is 1. The molecule has 2 fully saturated rings. The summed E-state index contributed by atoms with van der Waals surface area (Å²) < 4.78 is 0. The summed E-state index contributed by atoms with van der Waals surface area (Å²) in [5.74, 6) is 0.867. The Morgan fingerprint density at radius 2 is 1.89 bits per heavy atom. The average Bonchev–Trinajstić information content (AvgIpc) is 2.32. The van der Waals surface area contributed by atoms with Gasteiger partial charge >= 0.3 is 0 Å². The van der Waals surface area contributed by atoms with E-state index in [1.165, 1.54) is 19.3 Å². The van der Waals surface area contributed by atoms with Crippen molar-refractivity contribution in [1.82, 2.24) is 5.32 Å². The normalized spacial score (nSPS) is 36.1. The second kappa shape index (κ2) is 5.60. The Hall–Kier alpha value is -0.570. The third-order valence-electron chi connectivity index (χ3n) is 4.96. The molecule has 2 rings (SSSR count). The monoisotopic (exact) mass is 252 g/mol. The van der Waals surface area contributed by atoms with Gasteiger partial charge in [-0.15, -0.1) is 0 Å². The Morgan fingerprint density at radius 3 is 2.56 bits per heavy atom. The molecule has 0 saturated heterocycles. The molecule has 0 spiro atoms. The van der Waals surface area contributed by atoms with Crippen molar-refractivity contribution in [3.8, 4) is 0 Å². The molecule has 0 bridgehead atoms. The predicted octanol–water partition coefficient (Wildman–Crippen LogP) is 2.59. The number of rotatable bonds is 2. The summed E-state index contributed by atoms with van der Waals surface area (Å²) >= 11 is 0. The van der Waals surface area contributed by atoms with Crippen LogP contribution in [0.5, 0.6) is 0 Å². The molecule has 18 heavy (non-hydrogen) atoms. The van der Waals surface area contributed by atoms with Crippen LogP contribution >= 0.6 is 0 Å². The topological polar surface area (TPSA) is 55.1 Å². The quantitative estimate of drug-likeness (QED) is 0.793. The van der Waals surface area contributed by atoms with Gasteiger partial charge in [-0.25, -0.2) is 0 Å². The number of nitrogens with one attached hydrogen (secondary N) is 1. The Kier molecular flexibility index (Phi) is 4.31.